The fourth-order valence-electron chi connectivity index (χ4n) is 7.02. The van der Waals surface area contributed by atoms with Crippen LogP contribution in [-0.4, -0.2) is 24.9 Å². The lowest BCUT2D eigenvalue weighted by molar-refractivity contribution is 0.234. The molecule has 306 valence electrons. The Balaban J connectivity index is 2.04. The summed E-state index contributed by atoms with van der Waals surface area (Å²) in [5.41, 5.74) is 1.67. The molecule has 0 bridgehead atoms. The molecule has 0 heterocycles. The minimum absolute atomic E-state index is 0.243. The quantitative estimate of drug-likeness (QED) is 0.0557. The van der Waals surface area contributed by atoms with Gasteiger partial charge >= 0.3 is 0 Å². The van der Waals surface area contributed by atoms with Crippen molar-refractivity contribution >= 4 is 0 Å². The molecule has 0 aromatic heterocycles. The van der Waals surface area contributed by atoms with Crippen molar-refractivity contribution in [2.45, 2.75) is 213 Å². The first-order chi connectivity index (χ1) is 26.7. The van der Waals surface area contributed by atoms with Crippen molar-refractivity contribution in [2.24, 2.45) is 0 Å². The zero-order valence-electron chi connectivity index (χ0n) is 35.5. The Hall–Kier alpha value is -2.80. The number of unbranched alkanes of at least 4 members (excludes halogenated alkanes) is 27. The van der Waals surface area contributed by atoms with E-state index < -0.39 is 0 Å². The van der Waals surface area contributed by atoms with Gasteiger partial charge in [-0.25, -0.2) is 0 Å². The smallest absolute Gasteiger partial charge is 0.204 e. The maximum absolute atomic E-state index is 9.77. The Kier molecular flexibility index (Phi) is 30.4. The summed E-state index contributed by atoms with van der Waals surface area (Å²) in [7, 11) is 0. The Bertz CT molecular complexity index is 1190. The average Bonchev–Trinajstić information content (AvgIpc) is 3.18. The van der Waals surface area contributed by atoms with Gasteiger partial charge in [-0.15, -0.1) is 0 Å². The number of phenols is 1. The first kappa shape index (κ1) is 47.4. The van der Waals surface area contributed by atoms with Gasteiger partial charge in [0.15, 0.2) is 11.5 Å². The van der Waals surface area contributed by atoms with Crippen LogP contribution in [0.5, 0.6) is 23.0 Å². The van der Waals surface area contributed by atoms with Crippen molar-refractivity contribution in [3.8, 4) is 34.8 Å². The minimum atomic E-state index is 0.243. The molecule has 54 heavy (non-hydrogen) atoms. The van der Waals surface area contributed by atoms with Gasteiger partial charge in [0.1, 0.15) is 5.75 Å². The lowest BCUT2D eigenvalue weighted by atomic mass is 10.1. The van der Waals surface area contributed by atoms with Crippen LogP contribution in [-0.2, 0) is 0 Å². The molecule has 4 heteroatoms. The van der Waals surface area contributed by atoms with Gasteiger partial charge in [-0.05, 0) is 55.7 Å². The average molecular weight is 747 g/mol. The number of ether oxygens (including phenoxy) is 3. The number of hydrogen-bond donors (Lipinski definition) is 1. The van der Waals surface area contributed by atoms with E-state index in [-0.39, 0.29) is 5.75 Å². The SMILES string of the molecule is CCCCCCCCCCCCOc1ccc(C#Cc2ccc(O)cc2)c(OCCCCCCCCCCCC)c1OCCCCCCCCCCCC. The van der Waals surface area contributed by atoms with Gasteiger partial charge in [-0.1, -0.05) is 206 Å². The van der Waals surface area contributed by atoms with Crippen LogP contribution >= 0.6 is 0 Å². The summed E-state index contributed by atoms with van der Waals surface area (Å²) < 4.78 is 19.7. The van der Waals surface area contributed by atoms with Gasteiger partial charge in [0.2, 0.25) is 5.75 Å². The monoisotopic (exact) mass is 747 g/mol. The lowest BCUT2D eigenvalue weighted by Crippen LogP contribution is -2.07. The highest BCUT2D eigenvalue weighted by atomic mass is 16.5. The van der Waals surface area contributed by atoms with Gasteiger partial charge < -0.3 is 19.3 Å². The Labute approximate surface area is 333 Å². The van der Waals surface area contributed by atoms with Crippen molar-refractivity contribution in [3.05, 3.63) is 47.5 Å². The normalized spacial score (nSPS) is 11.0. The van der Waals surface area contributed by atoms with E-state index >= 15 is 0 Å². The second-order valence-electron chi connectivity index (χ2n) is 15.7. The van der Waals surface area contributed by atoms with Gasteiger partial charge in [0.25, 0.3) is 0 Å². The predicted molar refractivity (Wildman–Crippen MR) is 233 cm³/mol. The maximum atomic E-state index is 9.77. The van der Waals surface area contributed by atoms with Crippen LogP contribution in [0.3, 0.4) is 0 Å². The standard InChI is InChI=1S/C50H82O4/c1-4-7-10-13-16-19-22-25-28-31-42-52-48-41-38-46(37-34-45-35-39-47(51)40-36-45)49(53-43-32-29-26-23-20-17-14-11-8-5-2)50(48)54-44-33-30-27-24-21-18-15-12-9-6-3/h35-36,38-41,51H,4-33,42-44H2,1-3H3. The highest BCUT2D eigenvalue weighted by molar-refractivity contribution is 5.62. The number of benzene rings is 2. The zero-order valence-corrected chi connectivity index (χ0v) is 35.5. The van der Waals surface area contributed by atoms with Gasteiger partial charge in [0, 0.05) is 5.56 Å². The third-order valence-electron chi connectivity index (χ3n) is 10.5. The van der Waals surface area contributed by atoms with E-state index in [4.69, 9.17) is 14.2 Å². The van der Waals surface area contributed by atoms with Crippen molar-refractivity contribution in [1.29, 1.82) is 0 Å². The van der Waals surface area contributed by atoms with Gasteiger partial charge in [-0.3, -0.25) is 0 Å². The number of phenolic OH excluding ortho intramolecular Hbond substituents is 1. The molecular formula is C50H82O4. The predicted octanol–water partition coefficient (Wildman–Crippen LogP) is 15.7. The number of hydrogen-bond acceptors (Lipinski definition) is 4. The first-order valence-electron chi connectivity index (χ1n) is 23.1. The Morgan fingerprint density at radius 2 is 0.722 bits per heavy atom. The molecule has 2 aromatic carbocycles. The summed E-state index contributed by atoms with van der Waals surface area (Å²) in [5, 5.41) is 9.77. The highest BCUT2D eigenvalue weighted by Gasteiger charge is 2.18. The summed E-state index contributed by atoms with van der Waals surface area (Å²) >= 11 is 0. The van der Waals surface area contributed by atoms with E-state index in [2.05, 4.69) is 32.6 Å². The van der Waals surface area contributed by atoms with Crippen LogP contribution in [0.1, 0.15) is 225 Å². The van der Waals surface area contributed by atoms with Crippen LogP contribution < -0.4 is 14.2 Å². The lowest BCUT2D eigenvalue weighted by Gasteiger charge is -2.19. The third-order valence-corrected chi connectivity index (χ3v) is 10.5. The van der Waals surface area contributed by atoms with Crippen molar-refractivity contribution in [1.82, 2.24) is 0 Å². The Morgan fingerprint density at radius 3 is 1.13 bits per heavy atom. The zero-order chi connectivity index (χ0) is 38.6. The molecule has 0 unspecified atom stereocenters. The molecule has 1 N–H and O–H groups in total. The summed E-state index contributed by atoms with van der Waals surface area (Å²) in [4.78, 5) is 0. The first-order valence-corrected chi connectivity index (χ1v) is 23.1. The van der Waals surface area contributed by atoms with Crippen LogP contribution in [0.15, 0.2) is 36.4 Å². The summed E-state index contributed by atoms with van der Waals surface area (Å²) in [5.74, 6) is 9.09. The van der Waals surface area contributed by atoms with Crippen LogP contribution in [0.2, 0.25) is 0 Å². The van der Waals surface area contributed by atoms with E-state index in [9.17, 15) is 5.11 Å². The molecule has 0 amide bonds. The third kappa shape index (κ3) is 24.6. The Morgan fingerprint density at radius 1 is 0.370 bits per heavy atom. The molecule has 2 rings (SSSR count). The molecule has 0 saturated heterocycles. The fourth-order valence-corrected chi connectivity index (χ4v) is 7.02. The summed E-state index contributed by atoms with van der Waals surface area (Å²) in [6.07, 6.45) is 38.9. The van der Waals surface area contributed by atoms with Crippen molar-refractivity contribution in [2.75, 3.05) is 19.8 Å². The molecule has 0 fully saturated rings. The molecule has 0 spiro atoms. The molecule has 0 radical (unpaired) electrons. The fraction of sp³-hybridized carbons (Fsp3) is 0.720. The second-order valence-corrected chi connectivity index (χ2v) is 15.7. The highest BCUT2D eigenvalue weighted by Crippen LogP contribution is 2.41. The molecule has 0 atom stereocenters. The summed E-state index contributed by atoms with van der Waals surface area (Å²) in [6.45, 7) is 8.82. The molecule has 0 aliphatic heterocycles. The molecule has 4 nitrogen and oxygen atoms in total. The van der Waals surface area contributed by atoms with Crippen LogP contribution in [0, 0.1) is 11.8 Å². The van der Waals surface area contributed by atoms with Crippen molar-refractivity contribution < 1.29 is 19.3 Å². The van der Waals surface area contributed by atoms with Gasteiger partial charge in [0.05, 0.1) is 25.4 Å². The van der Waals surface area contributed by atoms with Crippen LogP contribution in [0.25, 0.3) is 0 Å². The molecule has 2 aromatic rings. The summed E-state index contributed by atoms with van der Waals surface area (Å²) in [6, 6.07) is 11.1. The topological polar surface area (TPSA) is 47.9 Å². The van der Waals surface area contributed by atoms with E-state index in [1.165, 1.54) is 173 Å². The van der Waals surface area contributed by atoms with E-state index in [1.807, 2.05) is 24.3 Å². The minimum Gasteiger partial charge on any atom is -0.508 e. The molecular weight excluding hydrogens is 665 g/mol. The van der Waals surface area contributed by atoms with Gasteiger partial charge in [-0.2, -0.15) is 0 Å². The molecule has 0 aliphatic rings. The second kappa shape index (κ2) is 34.7. The maximum Gasteiger partial charge on any atom is 0.204 e. The molecule has 0 aliphatic carbocycles. The van der Waals surface area contributed by atoms with Crippen LogP contribution in [0.4, 0.5) is 0 Å². The number of rotatable bonds is 36. The molecule has 0 saturated carbocycles. The van der Waals surface area contributed by atoms with Crippen molar-refractivity contribution in [3.63, 3.8) is 0 Å². The van der Waals surface area contributed by atoms with E-state index in [0.717, 1.165) is 36.1 Å². The number of aromatic hydroxyl groups is 1. The van der Waals surface area contributed by atoms with E-state index in [1.54, 1.807) is 12.1 Å². The largest absolute Gasteiger partial charge is 0.508 e. The van der Waals surface area contributed by atoms with E-state index in [0.29, 0.717) is 31.3 Å².